The van der Waals surface area contributed by atoms with Gasteiger partial charge in [-0.1, -0.05) is 19.1 Å². The van der Waals surface area contributed by atoms with Crippen LogP contribution >= 0.6 is 0 Å². The number of benzene rings is 1. The number of carboxylic acid groups (broad SMARTS) is 1. The number of aliphatic carboxylic acids is 1. The van der Waals surface area contributed by atoms with Gasteiger partial charge in [0.25, 0.3) is 10.1 Å². The Bertz CT molecular complexity index is 1350. The van der Waals surface area contributed by atoms with Crippen LogP contribution in [0.5, 0.6) is 0 Å². The quantitative estimate of drug-likeness (QED) is 0.0514. The third kappa shape index (κ3) is 17.0. The van der Waals surface area contributed by atoms with Gasteiger partial charge < -0.3 is 29.2 Å². The topological polar surface area (TPSA) is 233 Å². The van der Waals surface area contributed by atoms with Crippen molar-refractivity contribution in [1.29, 1.82) is 0 Å². The minimum Gasteiger partial charge on any atom is -0.744 e. The van der Waals surface area contributed by atoms with Gasteiger partial charge in [-0.25, -0.2) is 8.42 Å². The van der Waals surface area contributed by atoms with E-state index in [9.17, 15) is 50.2 Å². The molecular formula is C26H37NNa2O13S2. The van der Waals surface area contributed by atoms with E-state index in [1.807, 2.05) is 6.92 Å². The summed E-state index contributed by atoms with van der Waals surface area (Å²) in [6.07, 6.45) is -0.444. The van der Waals surface area contributed by atoms with Crippen LogP contribution in [0.4, 0.5) is 0 Å². The number of ether oxygens (including phenoxy) is 2. The molecule has 1 rings (SSSR count). The summed E-state index contributed by atoms with van der Waals surface area (Å²) in [7, 11) is -9.12. The van der Waals surface area contributed by atoms with Crippen LogP contribution in [0.25, 0.3) is 0 Å². The van der Waals surface area contributed by atoms with Gasteiger partial charge in [-0.2, -0.15) is 8.42 Å². The molecule has 1 aromatic carbocycles. The van der Waals surface area contributed by atoms with E-state index >= 15 is 0 Å². The number of esters is 2. The van der Waals surface area contributed by atoms with Crippen LogP contribution in [-0.2, 0) is 48.9 Å². The maximum Gasteiger partial charge on any atom is 1.00 e. The monoisotopic (exact) mass is 681 g/mol. The SMILES string of the molecule is CCC(CC(CC(C)(C)C(=O)OCCOC(=O)CC(=O)[O-])C(=O)NC(C)(C)CS(=O)(=O)O)c1ccc(S(=O)(=O)[O-])cc1.[Na+].[Na+]. The molecule has 238 valence electrons. The average molecular weight is 682 g/mol. The molecule has 0 radical (unpaired) electrons. The van der Waals surface area contributed by atoms with E-state index < -0.39 is 84.6 Å². The summed E-state index contributed by atoms with van der Waals surface area (Å²) in [5.41, 5.74) is -2.05. The van der Waals surface area contributed by atoms with Crippen LogP contribution in [0.2, 0.25) is 0 Å². The van der Waals surface area contributed by atoms with Gasteiger partial charge in [0.05, 0.1) is 34.0 Å². The Morgan fingerprint density at radius 2 is 1.48 bits per heavy atom. The average Bonchev–Trinajstić information content (AvgIpc) is 2.81. The zero-order chi connectivity index (χ0) is 32.5. The first-order valence-corrected chi connectivity index (χ1v) is 15.9. The second-order valence-electron chi connectivity index (χ2n) is 11.2. The molecule has 1 amide bonds. The first-order chi connectivity index (χ1) is 19.1. The maximum absolute atomic E-state index is 13.5. The summed E-state index contributed by atoms with van der Waals surface area (Å²) in [4.78, 5) is 47.7. The van der Waals surface area contributed by atoms with Crippen molar-refractivity contribution in [2.45, 2.75) is 76.7 Å². The summed E-state index contributed by atoms with van der Waals surface area (Å²) in [5.74, 6) is -6.10. The van der Waals surface area contributed by atoms with Crippen molar-refractivity contribution < 1.29 is 119 Å². The van der Waals surface area contributed by atoms with E-state index in [1.54, 1.807) is 0 Å². The molecule has 1 aromatic rings. The number of nitrogens with one attached hydrogen (secondary N) is 1. The largest absolute Gasteiger partial charge is 1.00 e. The van der Waals surface area contributed by atoms with Gasteiger partial charge in [-0.05, 0) is 70.6 Å². The molecule has 0 heterocycles. The molecule has 2 atom stereocenters. The van der Waals surface area contributed by atoms with Gasteiger partial charge in [0, 0.05) is 5.92 Å². The van der Waals surface area contributed by atoms with Crippen LogP contribution in [0.3, 0.4) is 0 Å². The molecule has 0 fully saturated rings. The Labute approximate surface area is 302 Å². The molecule has 0 aliphatic heterocycles. The van der Waals surface area contributed by atoms with Crippen LogP contribution in [-0.4, -0.2) is 74.3 Å². The van der Waals surface area contributed by atoms with Gasteiger partial charge in [-0.3, -0.25) is 18.9 Å². The number of hydrogen-bond acceptors (Lipinski definition) is 12. The van der Waals surface area contributed by atoms with Crippen LogP contribution in [0.15, 0.2) is 29.2 Å². The molecule has 0 saturated heterocycles. The third-order valence-electron chi connectivity index (χ3n) is 6.26. The van der Waals surface area contributed by atoms with Gasteiger partial charge in [0.1, 0.15) is 23.3 Å². The summed E-state index contributed by atoms with van der Waals surface area (Å²) in [6.45, 7) is 6.85. The number of amides is 1. The smallest absolute Gasteiger partial charge is 0.744 e. The normalized spacial score (nSPS) is 13.3. The predicted molar refractivity (Wildman–Crippen MR) is 144 cm³/mol. The number of carbonyl (C=O) groups is 4. The number of hydrogen-bond donors (Lipinski definition) is 2. The van der Waals surface area contributed by atoms with Crippen molar-refractivity contribution in [3.8, 4) is 0 Å². The first-order valence-electron chi connectivity index (χ1n) is 12.9. The number of carboxylic acids is 1. The van der Waals surface area contributed by atoms with Crippen molar-refractivity contribution >= 4 is 44.1 Å². The van der Waals surface area contributed by atoms with E-state index in [2.05, 4.69) is 10.1 Å². The molecule has 0 saturated carbocycles. The molecule has 14 nitrogen and oxygen atoms in total. The second-order valence-corrected chi connectivity index (χ2v) is 14.0. The molecular weight excluding hydrogens is 644 g/mol. The molecule has 2 unspecified atom stereocenters. The standard InChI is InChI=1S/C26H39NO13S2.2Na/c1-6-17(18-7-9-20(10-8-18)42(36,37)38)13-19(23(31)27-26(4,5)16-41(33,34)35)15-25(2,3)24(32)40-12-11-39-22(30)14-21(28)29;;/h7-10,17,19H,6,11-16H2,1-5H3,(H,27,31)(H,28,29)(H,33,34,35)(H,36,37,38);;/q;2*+1/p-2. The van der Waals surface area contributed by atoms with Crippen molar-refractivity contribution in [2.24, 2.45) is 11.3 Å². The molecule has 0 aliphatic carbocycles. The van der Waals surface area contributed by atoms with Crippen LogP contribution in [0, 0.1) is 11.3 Å². The van der Waals surface area contributed by atoms with Crippen LogP contribution < -0.4 is 69.5 Å². The van der Waals surface area contributed by atoms with E-state index in [-0.39, 0.29) is 84.5 Å². The Kier molecular flexibility index (Phi) is 19.4. The van der Waals surface area contributed by atoms with Gasteiger partial charge in [0.15, 0.2) is 0 Å². The number of carbonyl (C=O) groups excluding carboxylic acids is 4. The Morgan fingerprint density at radius 3 is 1.93 bits per heavy atom. The van der Waals surface area contributed by atoms with E-state index in [0.717, 1.165) is 12.1 Å². The van der Waals surface area contributed by atoms with Crippen molar-refractivity contribution in [1.82, 2.24) is 5.32 Å². The zero-order valence-electron chi connectivity index (χ0n) is 26.1. The summed E-state index contributed by atoms with van der Waals surface area (Å²) in [5, 5.41) is 13.0. The van der Waals surface area contributed by atoms with Gasteiger partial charge >= 0.3 is 71.1 Å². The Balaban J connectivity index is 0. The Hall–Kier alpha value is -1.08. The zero-order valence-corrected chi connectivity index (χ0v) is 31.7. The van der Waals surface area contributed by atoms with Crippen molar-refractivity contribution in [3.05, 3.63) is 29.8 Å². The first kappa shape index (κ1) is 45.0. The van der Waals surface area contributed by atoms with Gasteiger partial charge in [-0.15, -0.1) is 0 Å². The van der Waals surface area contributed by atoms with Crippen molar-refractivity contribution in [3.63, 3.8) is 0 Å². The molecule has 2 N–H and O–H groups in total. The fourth-order valence-corrected chi connectivity index (χ4v) is 5.81. The molecule has 0 aliphatic rings. The van der Waals surface area contributed by atoms with Crippen molar-refractivity contribution in [2.75, 3.05) is 19.0 Å². The molecule has 44 heavy (non-hydrogen) atoms. The van der Waals surface area contributed by atoms with E-state index in [0.29, 0.717) is 12.0 Å². The maximum atomic E-state index is 13.5. The molecule has 0 bridgehead atoms. The summed E-state index contributed by atoms with van der Waals surface area (Å²) >= 11 is 0. The Morgan fingerprint density at radius 1 is 0.955 bits per heavy atom. The summed E-state index contributed by atoms with van der Waals surface area (Å²) < 4.78 is 75.9. The second kappa shape index (κ2) is 18.9. The molecule has 18 heteroatoms. The summed E-state index contributed by atoms with van der Waals surface area (Å²) in [6, 6.07) is 5.23. The minimum atomic E-state index is -4.67. The van der Waals surface area contributed by atoms with Gasteiger partial charge in [0.2, 0.25) is 5.91 Å². The van der Waals surface area contributed by atoms with E-state index in [4.69, 9.17) is 4.74 Å². The predicted octanol–water partition coefficient (Wildman–Crippen LogP) is -5.48. The minimum absolute atomic E-state index is 0. The third-order valence-corrected chi connectivity index (χ3v) is 8.19. The molecule has 0 spiro atoms. The fourth-order valence-electron chi connectivity index (χ4n) is 4.35. The van der Waals surface area contributed by atoms with Crippen LogP contribution in [0.1, 0.15) is 71.8 Å². The molecule has 0 aromatic heterocycles. The van der Waals surface area contributed by atoms with E-state index in [1.165, 1.54) is 39.8 Å². The fraction of sp³-hybridized carbons (Fsp3) is 0.615. The number of rotatable bonds is 17.